The Bertz CT molecular complexity index is 697. The van der Waals surface area contributed by atoms with E-state index in [0.29, 0.717) is 6.42 Å². The van der Waals surface area contributed by atoms with Crippen LogP contribution in [0.1, 0.15) is 42.0 Å². The van der Waals surface area contributed by atoms with Gasteiger partial charge in [-0.15, -0.1) is 0 Å². The third-order valence-electron chi connectivity index (χ3n) is 4.37. The Morgan fingerprint density at radius 1 is 1.22 bits per heavy atom. The second kappa shape index (κ2) is 7.18. The quantitative estimate of drug-likeness (QED) is 0.791. The van der Waals surface area contributed by atoms with Gasteiger partial charge in [0.05, 0.1) is 6.04 Å². The van der Waals surface area contributed by atoms with Crippen LogP contribution in [-0.2, 0) is 17.6 Å². The second-order valence-electron chi connectivity index (χ2n) is 6.10. The van der Waals surface area contributed by atoms with Gasteiger partial charge in [0.2, 0.25) is 5.91 Å². The molecule has 0 aromatic heterocycles. The molecule has 2 aromatic rings. The lowest BCUT2D eigenvalue weighted by Gasteiger charge is -2.26. The monoisotopic (exact) mass is 372 g/mol. The zero-order valence-electron chi connectivity index (χ0n) is 13.0. The first-order chi connectivity index (χ1) is 11.1. The van der Waals surface area contributed by atoms with Gasteiger partial charge in [0.15, 0.2) is 0 Å². The van der Waals surface area contributed by atoms with Crippen molar-refractivity contribution < 1.29 is 4.79 Å². The molecule has 0 spiro atoms. The Balaban J connectivity index is 1.59. The summed E-state index contributed by atoms with van der Waals surface area (Å²) in [4.78, 5) is 12.3. The number of aryl methyl sites for hydroxylation is 2. The molecule has 0 fully saturated rings. The van der Waals surface area contributed by atoms with E-state index in [1.54, 1.807) is 0 Å². The van der Waals surface area contributed by atoms with Crippen LogP contribution in [0, 0.1) is 0 Å². The largest absolute Gasteiger partial charge is 0.399 e. The van der Waals surface area contributed by atoms with Crippen LogP contribution in [0.3, 0.4) is 0 Å². The van der Waals surface area contributed by atoms with Gasteiger partial charge in [0.1, 0.15) is 0 Å². The number of fused-ring (bicyclic) bond motifs is 1. The number of nitrogen functional groups attached to an aromatic ring is 1. The minimum Gasteiger partial charge on any atom is -0.399 e. The van der Waals surface area contributed by atoms with Crippen LogP contribution >= 0.6 is 15.9 Å². The molecule has 3 nitrogen and oxygen atoms in total. The number of amides is 1. The summed E-state index contributed by atoms with van der Waals surface area (Å²) in [6.07, 6.45) is 4.42. The Hall–Kier alpha value is -1.81. The molecule has 0 aliphatic heterocycles. The van der Waals surface area contributed by atoms with E-state index in [0.717, 1.165) is 35.8 Å². The minimum atomic E-state index is 0.114. The number of hydrogen-bond donors (Lipinski definition) is 2. The van der Waals surface area contributed by atoms with E-state index in [1.165, 1.54) is 16.7 Å². The summed E-state index contributed by atoms with van der Waals surface area (Å²) < 4.78 is 1.06. The lowest BCUT2D eigenvalue weighted by atomic mass is 9.87. The zero-order chi connectivity index (χ0) is 16.2. The molecule has 4 heteroatoms. The molecule has 0 saturated heterocycles. The molecule has 1 amide bonds. The van der Waals surface area contributed by atoms with Crippen molar-refractivity contribution >= 4 is 27.5 Å². The highest BCUT2D eigenvalue weighted by atomic mass is 79.9. The molecule has 1 unspecified atom stereocenters. The number of hydrogen-bond acceptors (Lipinski definition) is 2. The van der Waals surface area contributed by atoms with Gasteiger partial charge < -0.3 is 11.1 Å². The van der Waals surface area contributed by atoms with Crippen molar-refractivity contribution in [2.24, 2.45) is 0 Å². The standard InChI is InChI=1S/C19H21BrN2O/c20-15-7-4-13(5-8-15)6-11-19(23)22-18-3-1-2-14-12-16(21)9-10-17(14)18/h4-5,7-10,12,18H,1-3,6,11,21H2,(H,22,23). The minimum absolute atomic E-state index is 0.114. The first-order valence-corrected chi connectivity index (χ1v) is 8.83. The van der Waals surface area contributed by atoms with E-state index in [9.17, 15) is 4.79 Å². The smallest absolute Gasteiger partial charge is 0.220 e. The first-order valence-electron chi connectivity index (χ1n) is 8.04. The Morgan fingerprint density at radius 3 is 2.78 bits per heavy atom. The summed E-state index contributed by atoms with van der Waals surface area (Å²) in [6, 6.07) is 14.3. The molecule has 1 atom stereocenters. The molecule has 2 aromatic carbocycles. The molecule has 3 rings (SSSR count). The molecular formula is C19H21BrN2O. The Morgan fingerprint density at radius 2 is 2.00 bits per heavy atom. The summed E-state index contributed by atoms with van der Waals surface area (Å²) in [7, 11) is 0. The number of halogens is 1. The molecule has 120 valence electrons. The van der Waals surface area contributed by atoms with Crippen molar-refractivity contribution in [2.75, 3.05) is 5.73 Å². The van der Waals surface area contributed by atoms with Crippen molar-refractivity contribution in [2.45, 2.75) is 38.1 Å². The van der Waals surface area contributed by atoms with Crippen molar-refractivity contribution in [3.63, 3.8) is 0 Å². The number of nitrogens with two attached hydrogens (primary N) is 1. The molecule has 23 heavy (non-hydrogen) atoms. The third-order valence-corrected chi connectivity index (χ3v) is 4.90. The molecule has 0 saturated carbocycles. The topological polar surface area (TPSA) is 55.1 Å². The third kappa shape index (κ3) is 4.14. The maximum atomic E-state index is 12.3. The molecule has 3 N–H and O–H groups in total. The SMILES string of the molecule is Nc1ccc2c(c1)CCCC2NC(=O)CCc1ccc(Br)cc1. The van der Waals surface area contributed by atoms with Gasteiger partial charge >= 0.3 is 0 Å². The van der Waals surface area contributed by atoms with Gasteiger partial charge in [-0.1, -0.05) is 34.1 Å². The van der Waals surface area contributed by atoms with Crippen LogP contribution in [-0.4, -0.2) is 5.91 Å². The fourth-order valence-corrected chi connectivity index (χ4v) is 3.42. The van der Waals surface area contributed by atoms with E-state index >= 15 is 0 Å². The number of carbonyl (C=O) groups is 1. The normalized spacial score (nSPS) is 16.7. The highest BCUT2D eigenvalue weighted by molar-refractivity contribution is 9.10. The molecule has 1 aliphatic rings. The average Bonchev–Trinajstić information content (AvgIpc) is 2.54. The number of carbonyl (C=O) groups excluding carboxylic acids is 1. The molecule has 1 aliphatic carbocycles. The van der Waals surface area contributed by atoms with Crippen LogP contribution in [0.2, 0.25) is 0 Å². The van der Waals surface area contributed by atoms with Crippen LogP contribution in [0.25, 0.3) is 0 Å². The van der Waals surface area contributed by atoms with Crippen molar-refractivity contribution in [3.05, 3.63) is 63.6 Å². The maximum absolute atomic E-state index is 12.3. The van der Waals surface area contributed by atoms with Crippen LogP contribution in [0.4, 0.5) is 5.69 Å². The number of anilines is 1. The van der Waals surface area contributed by atoms with E-state index in [2.05, 4.69) is 39.4 Å². The predicted octanol–water partition coefficient (Wildman–Crippen LogP) is 4.16. The van der Waals surface area contributed by atoms with Gasteiger partial charge in [-0.05, 0) is 66.6 Å². The van der Waals surface area contributed by atoms with E-state index in [1.807, 2.05) is 24.3 Å². The Kier molecular flexibility index (Phi) is 5.01. The molecule has 0 bridgehead atoms. The van der Waals surface area contributed by atoms with Gasteiger partial charge in [-0.2, -0.15) is 0 Å². The fraction of sp³-hybridized carbons (Fsp3) is 0.316. The number of rotatable bonds is 4. The van der Waals surface area contributed by atoms with Crippen molar-refractivity contribution in [3.8, 4) is 0 Å². The first kappa shape index (κ1) is 16.1. The summed E-state index contributed by atoms with van der Waals surface area (Å²) in [6.45, 7) is 0. The van der Waals surface area contributed by atoms with Crippen LogP contribution in [0.5, 0.6) is 0 Å². The van der Waals surface area contributed by atoms with E-state index < -0.39 is 0 Å². The summed E-state index contributed by atoms with van der Waals surface area (Å²) in [5, 5.41) is 3.19. The van der Waals surface area contributed by atoms with Crippen LogP contribution < -0.4 is 11.1 Å². The van der Waals surface area contributed by atoms with Crippen molar-refractivity contribution in [1.82, 2.24) is 5.32 Å². The fourth-order valence-electron chi connectivity index (χ4n) is 3.16. The zero-order valence-corrected chi connectivity index (χ0v) is 14.6. The molecular weight excluding hydrogens is 352 g/mol. The average molecular weight is 373 g/mol. The Labute approximate surface area is 145 Å². The van der Waals surface area contributed by atoms with Gasteiger partial charge in [-0.25, -0.2) is 0 Å². The highest BCUT2D eigenvalue weighted by Crippen LogP contribution is 2.31. The van der Waals surface area contributed by atoms with E-state index in [-0.39, 0.29) is 11.9 Å². The maximum Gasteiger partial charge on any atom is 0.220 e. The lowest BCUT2D eigenvalue weighted by molar-refractivity contribution is -0.121. The van der Waals surface area contributed by atoms with Crippen molar-refractivity contribution in [1.29, 1.82) is 0 Å². The number of nitrogens with one attached hydrogen (secondary N) is 1. The van der Waals surface area contributed by atoms with Crippen LogP contribution in [0.15, 0.2) is 46.9 Å². The highest BCUT2D eigenvalue weighted by Gasteiger charge is 2.21. The summed E-state index contributed by atoms with van der Waals surface area (Å²) >= 11 is 3.42. The molecule has 0 radical (unpaired) electrons. The van der Waals surface area contributed by atoms with E-state index in [4.69, 9.17) is 5.73 Å². The predicted molar refractivity (Wildman–Crippen MR) is 97.1 cm³/mol. The van der Waals surface area contributed by atoms with Gasteiger partial charge in [0, 0.05) is 16.6 Å². The van der Waals surface area contributed by atoms with Gasteiger partial charge in [-0.3, -0.25) is 4.79 Å². The summed E-state index contributed by atoms with van der Waals surface area (Å²) in [5.74, 6) is 0.114. The van der Waals surface area contributed by atoms with Gasteiger partial charge in [0.25, 0.3) is 0 Å². The second-order valence-corrected chi connectivity index (χ2v) is 7.01. The lowest BCUT2D eigenvalue weighted by Crippen LogP contribution is -2.31. The molecule has 0 heterocycles. The number of benzene rings is 2. The summed E-state index contributed by atoms with van der Waals surface area (Å²) in [5.41, 5.74) is 10.3.